The van der Waals surface area contributed by atoms with Gasteiger partial charge in [-0.25, -0.2) is 0 Å². The van der Waals surface area contributed by atoms with Crippen LogP contribution in [0.5, 0.6) is 0 Å². The summed E-state index contributed by atoms with van der Waals surface area (Å²) in [5.74, 6) is 0. The number of nitrogens with zero attached hydrogens (tertiary/aromatic N) is 2. The van der Waals surface area contributed by atoms with Gasteiger partial charge in [-0.15, -0.1) is 0 Å². The lowest BCUT2D eigenvalue weighted by Crippen LogP contribution is -2.28. The topological polar surface area (TPSA) is 27.0 Å². The summed E-state index contributed by atoms with van der Waals surface area (Å²) in [6.45, 7) is 8.29. The second kappa shape index (κ2) is 7.09. The molecule has 1 unspecified atom stereocenters. The Labute approximate surface area is 105 Å². The number of hydrogen-bond acceptors (Lipinski definition) is 2. The van der Waals surface area contributed by atoms with E-state index in [1.54, 1.807) is 0 Å². The second-order valence-corrected chi connectivity index (χ2v) is 4.43. The van der Waals surface area contributed by atoms with E-state index in [0.717, 1.165) is 25.1 Å². The lowest BCUT2D eigenvalue weighted by atomic mass is 10.0. The van der Waals surface area contributed by atoms with Gasteiger partial charge < -0.3 is 0 Å². The maximum atomic E-state index is 9.38. The van der Waals surface area contributed by atoms with Crippen LogP contribution < -0.4 is 0 Å². The predicted octanol–water partition coefficient (Wildman–Crippen LogP) is 3.68. The molecule has 92 valence electrons. The molecule has 0 radical (unpaired) electrons. The van der Waals surface area contributed by atoms with Crippen molar-refractivity contribution in [3.63, 3.8) is 0 Å². The average molecular weight is 230 g/mol. The third-order valence-corrected chi connectivity index (χ3v) is 3.05. The summed E-state index contributed by atoms with van der Waals surface area (Å²) < 4.78 is 0. The molecular formula is C15H22N2. The van der Waals surface area contributed by atoms with Crippen LogP contribution in [-0.4, -0.2) is 18.0 Å². The van der Waals surface area contributed by atoms with E-state index in [4.69, 9.17) is 0 Å². The van der Waals surface area contributed by atoms with E-state index in [2.05, 4.69) is 49.9 Å². The molecule has 0 aliphatic rings. The number of nitriles is 1. The predicted molar refractivity (Wildman–Crippen MR) is 71.7 cm³/mol. The number of aryl methyl sites for hydroxylation is 1. The Morgan fingerprint density at radius 1 is 1.35 bits per heavy atom. The third kappa shape index (κ3) is 3.87. The lowest BCUT2D eigenvalue weighted by Gasteiger charge is -2.26. The molecule has 0 fully saturated rings. The van der Waals surface area contributed by atoms with Gasteiger partial charge in [0.1, 0.15) is 6.04 Å². The first kappa shape index (κ1) is 13.7. The quantitative estimate of drug-likeness (QED) is 0.745. The van der Waals surface area contributed by atoms with Gasteiger partial charge in [0, 0.05) is 0 Å². The minimum atomic E-state index is -0.105. The summed E-state index contributed by atoms with van der Waals surface area (Å²) in [6.07, 6.45) is 2.32. The van der Waals surface area contributed by atoms with Gasteiger partial charge in [-0.3, -0.25) is 4.90 Å². The van der Waals surface area contributed by atoms with E-state index >= 15 is 0 Å². The Kier molecular flexibility index (Phi) is 5.72. The summed E-state index contributed by atoms with van der Waals surface area (Å²) in [6, 6.07) is 10.6. The Bertz CT molecular complexity index is 379. The number of hydrogen-bond donors (Lipinski definition) is 0. The molecule has 0 N–H and O–H groups in total. The fourth-order valence-electron chi connectivity index (χ4n) is 2.04. The van der Waals surface area contributed by atoms with Crippen LogP contribution in [0.2, 0.25) is 0 Å². The molecule has 0 aromatic heterocycles. The summed E-state index contributed by atoms with van der Waals surface area (Å²) in [5.41, 5.74) is 2.33. The lowest BCUT2D eigenvalue weighted by molar-refractivity contribution is 0.244. The average Bonchev–Trinajstić information content (AvgIpc) is 2.34. The largest absolute Gasteiger partial charge is 0.285 e. The van der Waals surface area contributed by atoms with Crippen LogP contribution in [-0.2, 0) is 0 Å². The molecule has 1 rings (SSSR count). The number of benzene rings is 1. The fourth-order valence-corrected chi connectivity index (χ4v) is 2.04. The van der Waals surface area contributed by atoms with Crippen LogP contribution in [0.1, 0.15) is 43.9 Å². The zero-order chi connectivity index (χ0) is 12.7. The van der Waals surface area contributed by atoms with E-state index < -0.39 is 0 Å². The van der Waals surface area contributed by atoms with Crippen molar-refractivity contribution in [2.45, 2.75) is 39.7 Å². The van der Waals surface area contributed by atoms with Crippen molar-refractivity contribution in [1.82, 2.24) is 4.90 Å². The van der Waals surface area contributed by atoms with Crippen LogP contribution >= 0.6 is 0 Å². The van der Waals surface area contributed by atoms with Crippen molar-refractivity contribution in [1.29, 1.82) is 5.26 Å². The van der Waals surface area contributed by atoms with Crippen LogP contribution in [0, 0.1) is 18.3 Å². The number of unbranched alkanes of at least 4 members (excludes halogenated alkanes) is 1. The highest BCUT2D eigenvalue weighted by atomic mass is 15.1. The summed E-state index contributed by atoms with van der Waals surface area (Å²) in [4.78, 5) is 2.25. The molecular weight excluding hydrogens is 208 g/mol. The van der Waals surface area contributed by atoms with Crippen molar-refractivity contribution in [3.05, 3.63) is 35.4 Å². The van der Waals surface area contributed by atoms with Crippen LogP contribution in [0.15, 0.2) is 24.3 Å². The Hall–Kier alpha value is -1.33. The van der Waals surface area contributed by atoms with E-state index in [0.29, 0.717) is 0 Å². The maximum absolute atomic E-state index is 9.38. The minimum absolute atomic E-state index is 0.105. The SMILES string of the molecule is CCCCN(CC)C(C#N)c1cccc(C)c1. The Morgan fingerprint density at radius 2 is 2.12 bits per heavy atom. The minimum Gasteiger partial charge on any atom is -0.285 e. The first-order chi connectivity index (χ1) is 8.22. The zero-order valence-corrected chi connectivity index (χ0v) is 11.1. The Morgan fingerprint density at radius 3 is 2.65 bits per heavy atom. The van der Waals surface area contributed by atoms with Crippen molar-refractivity contribution in [2.75, 3.05) is 13.1 Å². The first-order valence-electron chi connectivity index (χ1n) is 6.43. The standard InChI is InChI=1S/C15H22N2/c1-4-6-10-17(5-2)15(12-16)14-9-7-8-13(3)11-14/h7-9,11,15H,4-6,10H2,1-3H3. The highest BCUT2D eigenvalue weighted by molar-refractivity contribution is 5.28. The van der Waals surface area contributed by atoms with Gasteiger partial charge in [0.25, 0.3) is 0 Å². The highest BCUT2D eigenvalue weighted by Gasteiger charge is 2.17. The molecule has 1 atom stereocenters. The molecule has 0 saturated heterocycles. The third-order valence-electron chi connectivity index (χ3n) is 3.05. The normalized spacial score (nSPS) is 12.4. The molecule has 2 heteroatoms. The second-order valence-electron chi connectivity index (χ2n) is 4.43. The van der Waals surface area contributed by atoms with Crippen LogP contribution in [0.3, 0.4) is 0 Å². The molecule has 0 heterocycles. The first-order valence-corrected chi connectivity index (χ1v) is 6.43. The molecule has 0 saturated carbocycles. The summed E-state index contributed by atoms with van der Waals surface area (Å²) in [7, 11) is 0. The molecule has 0 bridgehead atoms. The van der Waals surface area contributed by atoms with Gasteiger partial charge in [-0.1, -0.05) is 50.1 Å². The van der Waals surface area contributed by atoms with Crippen molar-refractivity contribution in [2.24, 2.45) is 0 Å². The molecule has 2 nitrogen and oxygen atoms in total. The highest BCUT2D eigenvalue weighted by Crippen LogP contribution is 2.21. The summed E-state index contributed by atoms with van der Waals surface area (Å²) in [5, 5.41) is 9.38. The Balaban J connectivity index is 2.86. The molecule has 17 heavy (non-hydrogen) atoms. The van der Waals surface area contributed by atoms with Crippen LogP contribution in [0.25, 0.3) is 0 Å². The molecule has 1 aromatic carbocycles. The zero-order valence-electron chi connectivity index (χ0n) is 11.1. The van der Waals surface area contributed by atoms with Gasteiger partial charge in [0.15, 0.2) is 0 Å². The van der Waals surface area contributed by atoms with E-state index in [9.17, 15) is 5.26 Å². The number of rotatable bonds is 6. The van der Waals surface area contributed by atoms with Gasteiger partial charge in [-0.05, 0) is 32.0 Å². The maximum Gasteiger partial charge on any atom is 0.123 e. The van der Waals surface area contributed by atoms with E-state index in [1.165, 1.54) is 12.0 Å². The van der Waals surface area contributed by atoms with E-state index in [-0.39, 0.29) is 6.04 Å². The molecule has 0 spiro atoms. The molecule has 0 amide bonds. The van der Waals surface area contributed by atoms with E-state index in [1.807, 2.05) is 6.07 Å². The molecule has 1 aromatic rings. The van der Waals surface area contributed by atoms with Crippen molar-refractivity contribution >= 4 is 0 Å². The molecule has 0 aliphatic heterocycles. The van der Waals surface area contributed by atoms with Gasteiger partial charge in [-0.2, -0.15) is 5.26 Å². The van der Waals surface area contributed by atoms with Gasteiger partial charge in [0.2, 0.25) is 0 Å². The van der Waals surface area contributed by atoms with Gasteiger partial charge in [0.05, 0.1) is 6.07 Å². The molecule has 0 aliphatic carbocycles. The smallest absolute Gasteiger partial charge is 0.123 e. The fraction of sp³-hybridized carbons (Fsp3) is 0.533. The van der Waals surface area contributed by atoms with Crippen molar-refractivity contribution < 1.29 is 0 Å². The monoisotopic (exact) mass is 230 g/mol. The van der Waals surface area contributed by atoms with Gasteiger partial charge >= 0.3 is 0 Å². The van der Waals surface area contributed by atoms with Crippen molar-refractivity contribution in [3.8, 4) is 6.07 Å². The summed E-state index contributed by atoms with van der Waals surface area (Å²) >= 11 is 0. The van der Waals surface area contributed by atoms with Crippen LogP contribution in [0.4, 0.5) is 0 Å².